The van der Waals surface area contributed by atoms with E-state index in [1.54, 1.807) is 36.6 Å². The Morgan fingerprint density at radius 1 is 1.00 bits per heavy atom. The molecule has 3 atom stereocenters. The number of halogens is 4. The fraction of sp³-hybridized carbons (Fsp3) is 0.391. The highest BCUT2D eigenvalue weighted by molar-refractivity contribution is 7.90. The average Bonchev–Trinajstić information content (AvgIpc) is 3.06. The minimum atomic E-state index is -4.60. The van der Waals surface area contributed by atoms with Crippen molar-refractivity contribution in [3.8, 4) is 11.1 Å². The van der Waals surface area contributed by atoms with Crippen LogP contribution in [0.25, 0.3) is 22.1 Å². The molecule has 1 aromatic heterocycles. The molecule has 0 saturated heterocycles. The van der Waals surface area contributed by atoms with Crippen LogP contribution in [-0.4, -0.2) is 28.7 Å². The van der Waals surface area contributed by atoms with Gasteiger partial charge < -0.3 is 8.97 Å². The Bertz CT molecular complexity index is 1020. The van der Waals surface area contributed by atoms with E-state index < -0.39 is 35.1 Å². The van der Waals surface area contributed by atoms with Gasteiger partial charge in [-0.25, -0.2) is 4.39 Å². The molecule has 3 unspecified atom stereocenters. The van der Waals surface area contributed by atoms with Gasteiger partial charge in [0.1, 0.15) is 23.3 Å². The summed E-state index contributed by atoms with van der Waals surface area (Å²) in [4.78, 5) is 0.690. The van der Waals surface area contributed by atoms with Gasteiger partial charge in [0.15, 0.2) is 10.9 Å². The molecule has 3 aromatic rings. The summed E-state index contributed by atoms with van der Waals surface area (Å²) in [7, 11) is 0. The van der Waals surface area contributed by atoms with Crippen molar-refractivity contribution in [1.82, 2.24) is 5.32 Å². The molecule has 0 aliphatic carbocycles. The van der Waals surface area contributed by atoms with Crippen LogP contribution in [0.5, 0.6) is 0 Å². The number of hydrogen-bond donors (Lipinski definition) is 1. The Balaban J connectivity index is 1.90. The number of rotatable bonds is 7. The predicted octanol–water partition coefficient (Wildman–Crippen LogP) is 6.56. The highest BCUT2D eigenvalue weighted by atomic mass is 32.2. The second-order valence-electron chi connectivity index (χ2n) is 8.35. The van der Waals surface area contributed by atoms with Crippen molar-refractivity contribution in [3.63, 3.8) is 0 Å². The van der Waals surface area contributed by atoms with Crippen LogP contribution in [-0.2, 0) is 11.2 Å². The van der Waals surface area contributed by atoms with Gasteiger partial charge in [0.2, 0.25) is 0 Å². The van der Waals surface area contributed by atoms with E-state index in [-0.39, 0.29) is 12.2 Å². The van der Waals surface area contributed by atoms with Gasteiger partial charge in [-0.1, -0.05) is 12.1 Å². The first-order valence-electron chi connectivity index (χ1n) is 9.82. The molecule has 8 heteroatoms. The lowest BCUT2D eigenvalue weighted by Crippen LogP contribution is -2.41. The monoisotopic (exact) mass is 455 g/mol. The van der Waals surface area contributed by atoms with Gasteiger partial charge in [-0.05, 0) is 85.9 Å². The lowest BCUT2D eigenvalue weighted by molar-refractivity contribution is -0.163. The van der Waals surface area contributed by atoms with Crippen LogP contribution in [0.4, 0.5) is 17.6 Å². The van der Waals surface area contributed by atoms with Crippen molar-refractivity contribution in [2.24, 2.45) is 0 Å². The number of furan rings is 1. The molecule has 1 N–H and O–H groups in total. The third-order valence-corrected chi connectivity index (χ3v) is 5.85. The second-order valence-corrected chi connectivity index (χ2v) is 9.72. The molecule has 3 nitrogen and oxygen atoms in total. The Morgan fingerprint density at radius 2 is 1.61 bits per heavy atom. The average molecular weight is 456 g/mol. The standard InChI is InChI=1S/C23H25F4NO2S/c1-14(13-22(2,3)24)28-21(23(25,26)27)20-12-17-6-5-16(11-19(17)30-20)15-7-9-18(10-8-15)31(4)29/h5-12,14,21,28H,13H2,1-4H3. The molecule has 1 heterocycles. The SMILES string of the molecule is CC(CC(C)(C)F)NC(c1cc2ccc(-c3ccc([S+](C)[O-])cc3)cc2o1)C(F)(F)F. The van der Waals surface area contributed by atoms with Crippen molar-refractivity contribution in [2.75, 3.05) is 6.26 Å². The van der Waals surface area contributed by atoms with E-state index in [9.17, 15) is 22.1 Å². The largest absolute Gasteiger partial charge is 0.612 e. The summed E-state index contributed by atoms with van der Waals surface area (Å²) >= 11 is -1.09. The van der Waals surface area contributed by atoms with E-state index in [0.29, 0.717) is 15.9 Å². The highest BCUT2D eigenvalue weighted by Gasteiger charge is 2.44. The van der Waals surface area contributed by atoms with Crippen LogP contribution in [0.2, 0.25) is 0 Å². The maximum Gasteiger partial charge on any atom is 0.411 e. The molecule has 0 amide bonds. The minimum absolute atomic E-state index is 0.0670. The van der Waals surface area contributed by atoms with E-state index in [1.807, 2.05) is 12.1 Å². The Labute approximate surface area is 182 Å². The minimum Gasteiger partial charge on any atom is -0.612 e. The molecule has 3 rings (SSSR count). The molecule has 168 valence electrons. The van der Waals surface area contributed by atoms with E-state index in [1.165, 1.54) is 26.8 Å². The van der Waals surface area contributed by atoms with Gasteiger partial charge in [-0.2, -0.15) is 13.2 Å². The quantitative estimate of drug-likeness (QED) is 0.324. The van der Waals surface area contributed by atoms with Gasteiger partial charge >= 0.3 is 6.18 Å². The fourth-order valence-corrected chi connectivity index (χ4v) is 4.14. The number of fused-ring (bicyclic) bond motifs is 1. The van der Waals surface area contributed by atoms with Crippen molar-refractivity contribution < 1.29 is 26.5 Å². The first-order valence-corrected chi connectivity index (χ1v) is 11.4. The first-order chi connectivity index (χ1) is 14.3. The number of nitrogens with one attached hydrogen (secondary N) is 1. The normalized spacial score (nSPS) is 15.8. The third kappa shape index (κ3) is 6.02. The highest BCUT2D eigenvalue weighted by Crippen LogP contribution is 2.37. The summed E-state index contributed by atoms with van der Waals surface area (Å²) in [6, 6.07) is 10.9. The smallest absolute Gasteiger partial charge is 0.411 e. The van der Waals surface area contributed by atoms with Gasteiger partial charge in [-0.3, -0.25) is 5.32 Å². The van der Waals surface area contributed by atoms with E-state index >= 15 is 0 Å². The maximum absolute atomic E-state index is 13.9. The van der Waals surface area contributed by atoms with Gasteiger partial charge in [0, 0.05) is 11.4 Å². The van der Waals surface area contributed by atoms with Crippen LogP contribution in [0.15, 0.2) is 57.8 Å². The molecule has 2 aromatic carbocycles. The van der Waals surface area contributed by atoms with Gasteiger partial charge in [0.05, 0.1) is 0 Å². The maximum atomic E-state index is 13.9. The zero-order valence-corrected chi connectivity index (χ0v) is 18.5. The molecule has 0 bridgehead atoms. The van der Waals surface area contributed by atoms with Gasteiger partial charge in [-0.15, -0.1) is 0 Å². The van der Waals surface area contributed by atoms with E-state index in [2.05, 4.69) is 5.32 Å². The van der Waals surface area contributed by atoms with Crippen molar-refractivity contribution >= 4 is 22.1 Å². The van der Waals surface area contributed by atoms with E-state index in [4.69, 9.17) is 4.42 Å². The fourth-order valence-electron chi connectivity index (χ4n) is 3.62. The molecule has 0 spiro atoms. The zero-order chi connectivity index (χ0) is 23.0. The summed E-state index contributed by atoms with van der Waals surface area (Å²) in [6.07, 6.45) is -3.08. The summed E-state index contributed by atoms with van der Waals surface area (Å²) < 4.78 is 72.2. The Hall–Kier alpha value is -2.03. The molecular weight excluding hydrogens is 430 g/mol. The van der Waals surface area contributed by atoms with Crippen molar-refractivity contribution in [3.05, 3.63) is 54.3 Å². The summed E-state index contributed by atoms with van der Waals surface area (Å²) in [5, 5.41) is 3.01. The van der Waals surface area contributed by atoms with Crippen molar-refractivity contribution in [1.29, 1.82) is 0 Å². The zero-order valence-electron chi connectivity index (χ0n) is 17.7. The third-order valence-electron chi connectivity index (χ3n) is 4.91. The molecular formula is C23H25F4NO2S. The second kappa shape index (κ2) is 8.84. The molecule has 0 fully saturated rings. The summed E-state index contributed by atoms with van der Waals surface area (Å²) in [5.74, 6) is -0.264. The summed E-state index contributed by atoms with van der Waals surface area (Å²) in [5.41, 5.74) is 0.333. The van der Waals surface area contributed by atoms with Crippen molar-refractivity contribution in [2.45, 2.75) is 56.0 Å². The molecule has 0 aliphatic rings. The lowest BCUT2D eigenvalue weighted by Gasteiger charge is -2.26. The Morgan fingerprint density at radius 3 is 2.16 bits per heavy atom. The Kier molecular flexibility index (Phi) is 6.74. The van der Waals surface area contributed by atoms with Crippen LogP contribution in [0, 0.1) is 0 Å². The van der Waals surface area contributed by atoms with Crippen LogP contribution >= 0.6 is 0 Å². The lowest BCUT2D eigenvalue weighted by atomic mass is 10.0. The van der Waals surface area contributed by atoms with Crippen LogP contribution < -0.4 is 5.32 Å². The number of alkyl halides is 4. The predicted molar refractivity (Wildman–Crippen MR) is 115 cm³/mol. The number of benzene rings is 2. The molecule has 0 aliphatic heterocycles. The first kappa shape index (κ1) is 23.6. The molecule has 0 saturated carbocycles. The van der Waals surface area contributed by atoms with Gasteiger partial charge in [0.25, 0.3) is 0 Å². The van der Waals surface area contributed by atoms with E-state index in [0.717, 1.165) is 11.1 Å². The summed E-state index contributed by atoms with van der Waals surface area (Å²) in [6.45, 7) is 4.19. The van der Waals surface area contributed by atoms with Crippen LogP contribution in [0.3, 0.4) is 0 Å². The molecule has 0 radical (unpaired) electrons. The topological polar surface area (TPSA) is 48.2 Å². The number of hydrogen-bond acceptors (Lipinski definition) is 3. The van der Waals surface area contributed by atoms with Crippen LogP contribution in [0.1, 0.15) is 39.0 Å². The molecule has 31 heavy (non-hydrogen) atoms.